The van der Waals surface area contributed by atoms with E-state index < -0.39 is 0 Å². The second-order valence-electron chi connectivity index (χ2n) is 5.44. The van der Waals surface area contributed by atoms with E-state index in [-0.39, 0.29) is 12.1 Å². The molecule has 0 radical (unpaired) electrons. The quantitative estimate of drug-likeness (QED) is 0.790. The van der Waals surface area contributed by atoms with E-state index in [9.17, 15) is 4.79 Å². The first kappa shape index (κ1) is 14.6. The molecule has 4 nitrogen and oxygen atoms in total. The lowest BCUT2D eigenvalue weighted by Gasteiger charge is -2.21. The van der Waals surface area contributed by atoms with Crippen molar-refractivity contribution in [2.75, 3.05) is 6.54 Å². The molecule has 1 aliphatic rings. The Morgan fingerprint density at radius 1 is 1.26 bits per heavy atom. The van der Waals surface area contributed by atoms with Crippen LogP contribution in [0.25, 0.3) is 10.6 Å². The molecule has 23 heavy (non-hydrogen) atoms. The van der Waals surface area contributed by atoms with E-state index in [1.54, 1.807) is 22.7 Å². The zero-order valence-electron chi connectivity index (χ0n) is 12.3. The van der Waals surface area contributed by atoms with E-state index >= 15 is 0 Å². The van der Waals surface area contributed by atoms with Crippen LogP contribution < -0.4 is 5.32 Å². The maximum absolute atomic E-state index is 11.9. The van der Waals surface area contributed by atoms with Crippen LogP contribution in [0.1, 0.15) is 16.6 Å². The molecule has 1 aliphatic heterocycles. The number of carbonyl (C=O) groups excluding carboxylic acids is 1. The van der Waals surface area contributed by atoms with E-state index in [1.165, 1.54) is 5.56 Å². The maximum atomic E-state index is 11.9. The SMILES string of the molecule is O=C1CN(Cc2ccccc2)[C@H](c2cnc(-c3ccsc3)s2)N1. The van der Waals surface area contributed by atoms with Gasteiger partial charge in [-0.1, -0.05) is 30.3 Å². The Morgan fingerprint density at radius 2 is 2.13 bits per heavy atom. The molecular formula is C17H15N3OS2. The molecular weight excluding hydrogens is 326 g/mol. The molecule has 1 N–H and O–H groups in total. The molecule has 0 spiro atoms. The Morgan fingerprint density at radius 3 is 2.91 bits per heavy atom. The van der Waals surface area contributed by atoms with Gasteiger partial charge < -0.3 is 5.32 Å². The summed E-state index contributed by atoms with van der Waals surface area (Å²) < 4.78 is 0. The molecule has 1 fully saturated rings. The van der Waals surface area contributed by atoms with Gasteiger partial charge in [-0.25, -0.2) is 4.98 Å². The van der Waals surface area contributed by atoms with Crippen molar-refractivity contribution in [3.8, 4) is 10.6 Å². The largest absolute Gasteiger partial charge is 0.335 e. The average Bonchev–Trinajstić information content (AvgIpc) is 3.27. The van der Waals surface area contributed by atoms with Crippen LogP contribution in [0, 0.1) is 0 Å². The number of nitrogens with one attached hydrogen (secondary N) is 1. The standard InChI is InChI=1S/C17H15N3OS2/c21-15-10-20(9-12-4-2-1-3-5-12)16(19-15)14-8-18-17(23-14)13-6-7-22-11-13/h1-8,11,16H,9-10H2,(H,19,21)/t16-/m1/s1. The lowest BCUT2D eigenvalue weighted by molar-refractivity contribution is -0.118. The molecule has 0 aliphatic carbocycles. The van der Waals surface area contributed by atoms with Gasteiger partial charge in [0.1, 0.15) is 11.2 Å². The lowest BCUT2D eigenvalue weighted by Crippen LogP contribution is -2.26. The molecule has 3 aromatic rings. The number of amides is 1. The predicted octanol–water partition coefficient (Wildman–Crippen LogP) is 3.50. The van der Waals surface area contributed by atoms with Crippen LogP contribution in [0.15, 0.2) is 53.4 Å². The summed E-state index contributed by atoms with van der Waals surface area (Å²) in [7, 11) is 0. The van der Waals surface area contributed by atoms with Crippen molar-refractivity contribution in [1.82, 2.24) is 15.2 Å². The Labute approximate surface area is 142 Å². The number of hydrogen-bond acceptors (Lipinski definition) is 5. The third-order valence-electron chi connectivity index (χ3n) is 3.80. The van der Waals surface area contributed by atoms with Crippen LogP contribution in [0.5, 0.6) is 0 Å². The average molecular weight is 341 g/mol. The Kier molecular flexibility index (Phi) is 3.95. The number of hydrogen-bond donors (Lipinski definition) is 1. The maximum Gasteiger partial charge on any atom is 0.235 e. The van der Waals surface area contributed by atoms with Gasteiger partial charge in [0.15, 0.2) is 0 Å². The third-order valence-corrected chi connectivity index (χ3v) is 5.58. The third kappa shape index (κ3) is 3.06. The summed E-state index contributed by atoms with van der Waals surface area (Å²) in [4.78, 5) is 19.6. The summed E-state index contributed by atoms with van der Waals surface area (Å²) >= 11 is 3.31. The summed E-state index contributed by atoms with van der Waals surface area (Å²) in [6, 6.07) is 12.3. The number of thiazole rings is 1. The van der Waals surface area contributed by atoms with Crippen molar-refractivity contribution >= 4 is 28.6 Å². The molecule has 6 heteroatoms. The second-order valence-corrected chi connectivity index (χ2v) is 7.28. The molecule has 2 aromatic heterocycles. The number of carbonyl (C=O) groups is 1. The smallest absolute Gasteiger partial charge is 0.235 e. The highest BCUT2D eigenvalue weighted by Crippen LogP contribution is 2.33. The summed E-state index contributed by atoms with van der Waals surface area (Å²) in [5.41, 5.74) is 2.35. The first-order valence-corrected chi connectivity index (χ1v) is 9.11. The monoisotopic (exact) mass is 341 g/mol. The van der Waals surface area contributed by atoms with Crippen molar-refractivity contribution in [3.63, 3.8) is 0 Å². The van der Waals surface area contributed by atoms with Crippen LogP contribution in [0.2, 0.25) is 0 Å². The summed E-state index contributed by atoms with van der Waals surface area (Å²) in [6.07, 6.45) is 1.79. The summed E-state index contributed by atoms with van der Waals surface area (Å²) in [5, 5.41) is 8.21. The highest BCUT2D eigenvalue weighted by atomic mass is 32.1. The van der Waals surface area contributed by atoms with E-state index in [1.807, 2.05) is 24.4 Å². The van der Waals surface area contributed by atoms with Gasteiger partial charge in [0.2, 0.25) is 5.91 Å². The fourth-order valence-corrected chi connectivity index (χ4v) is 4.43. The van der Waals surface area contributed by atoms with Crippen molar-refractivity contribution in [2.24, 2.45) is 0 Å². The van der Waals surface area contributed by atoms with Gasteiger partial charge in [0, 0.05) is 23.7 Å². The molecule has 116 valence electrons. The molecule has 0 bridgehead atoms. The summed E-state index contributed by atoms with van der Waals surface area (Å²) in [6.45, 7) is 1.17. The highest BCUT2D eigenvalue weighted by molar-refractivity contribution is 7.15. The summed E-state index contributed by atoms with van der Waals surface area (Å²) in [5.74, 6) is 0.0661. The minimum atomic E-state index is -0.0902. The lowest BCUT2D eigenvalue weighted by atomic mass is 10.2. The molecule has 3 heterocycles. The number of benzene rings is 1. The molecule has 0 saturated carbocycles. The van der Waals surface area contributed by atoms with Crippen LogP contribution in [-0.4, -0.2) is 22.3 Å². The fourth-order valence-electron chi connectivity index (χ4n) is 2.71. The van der Waals surface area contributed by atoms with Gasteiger partial charge in [0.05, 0.1) is 11.4 Å². The van der Waals surface area contributed by atoms with Gasteiger partial charge in [-0.3, -0.25) is 9.69 Å². The van der Waals surface area contributed by atoms with Crippen molar-refractivity contribution in [3.05, 3.63) is 63.8 Å². The Balaban J connectivity index is 1.58. The molecule has 1 saturated heterocycles. The van der Waals surface area contributed by atoms with Gasteiger partial charge >= 0.3 is 0 Å². The van der Waals surface area contributed by atoms with Crippen LogP contribution in [0.3, 0.4) is 0 Å². The molecule has 4 rings (SSSR count). The van der Waals surface area contributed by atoms with Gasteiger partial charge in [-0.05, 0) is 17.0 Å². The fraction of sp³-hybridized carbons (Fsp3) is 0.176. The number of nitrogens with zero attached hydrogens (tertiary/aromatic N) is 2. The second kappa shape index (κ2) is 6.23. The minimum absolute atomic E-state index is 0.0661. The van der Waals surface area contributed by atoms with Crippen molar-refractivity contribution in [1.29, 1.82) is 0 Å². The van der Waals surface area contributed by atoms with E-state index in [4.69, 9.17) is 0 Å². The predicted molar refractivity (Wildman–Crippen MR) is 93.2 cm³/mol. The first-order valence-electron chi connectivity index (χ1n) is 7.35. The zero-order valence-corrected chi connectivity index (χ0v) is 13.9. The molecule has 1 atom stereocenters. The first-order chi connectivity index (χ1) is 11.3. The van der Waals surface area contributed by atoms with Gasteiger partial charge in [0.25, 0.3) is 0 Å². The number of rotatable bonds is 4. The topological polar surface area (TPSA) is 45.2 Å². The van der Waals surface area contributed by atoms with Gasteiger partial charge in [-0.2, -0.15) is 11.3 Å². The zero-order chi connectivity index (χ0) is 15.6. The normalized spacial score (nSPS) is 18.3. The van der Waals surface area contributed by atoms with Crippen LogP contribution in [0.4, 0.5) is 0 Å². The van der Waals surface area contributed by atoms with Crippen LogP contribution in [-0.2, 0) is 11.3 Å². The number of thiophene rings is 1. The van der Waals surface area contributed by atoms with Gasteiger partial charge in [-0.15, -0.1) is 11.3 Å². The van der Waals surface area contributed by atoms with Crippen molar-refractivity contribution in [2.45, 2.75) is 12.7 Å². The minimum Gasteiger partial charge on any atom is -0.335 e. The Bertz CT molecular complexity index is 798. The van der Waals surface area contributed by atoms with E-state index in [0.29, 0.717) is 6.54 Å². The highest BCUT2D eigenvalue weighted by Gasteiger charge is 2.32. The van der Waals surface area contributed by atoms with E-state index in [2.05, 4.69) is 44.2 Å². The molecule has 1 aromatic carbocycles. The molecule has 1 amide bonds. The molecule has 0 unspecified atom stereocenters. The van der Waals surface area contributed by atoms with Crippen molar-refractivity contribution < 1.29 is 4.79 Å². The number of aromatic nitrogens is 1. The van der Waals surface area contributed by atoms with Crippen LogP contribution >= 0.6 is 22.7 Å². The Hall–Kier alpha value is -2.02. The van der Waals surface area contributed by atoms with E-state index in [0.717, 1.165) is 22.0 Å².